The Hall–Kier alpha value is -0.720. The molecule has 4 fully saturated rings. The zero-order valence-corrected chi connectivity index (χ0v) is 23.3. The first-order valence-corrected chi connectivity index (χ1v) is 14.2. The van der Waals surface area contributed by atoms with Crippen molar-refractivity contribution in [2.45, 2.75) is 136 Å². The smallest absolute Gasteiger partial charge is 0.187 e. The number of hydrogen-bond donors (Lipinski definition) is 12. The van der Waals surface area contributed by atoms with Gasteiger partial charge in [0.15, 0.2) is 18.9 Å². The Labute approximate surface area is 242 Å². The molecule has 19 unspecified atom stereocenters. The lowest BCUT2D eigenvalue weighted by Crippen LogP contribution is -2.68. The lowest BCUT2D eigenvalue weighted by atomic mass is 9.84. The molecule has 1 aliphatic carbocycles. The van der Waals surface area contributed by atoms with Crippen LogP contribution < -0.4 is 28.7 Å². The van der Waals surface area contributed by atoms with E-state index in [1.807, 2.05) is 0 Å². The molecule has 18 heteroatoms. The maximum Gasteiger partial charge on any atom is 0.187 e. The molecule has 3 saturated heterocycles. The van der Waals surface area contributed by atoms with Crippen LogP contribution in [0.4, 0.5) is 0 Å². The van der Waals surface area contributed by atoms with E-state index >= 15 is 0 Å². The van der Waals surface area contributed by atoms with Crippen LogP contribution in [-0.2, 0) is 28.4 Å². The molecule has 17 N–H and O–H groups in total. The van der Waals surface area contributed by atoms with Gasteiger partial charge in [0.1, 0.15) is 61.0 Å². The number of aliphatic hydroxyl groups is 7. The van der Waals surface area contributed by atoms with E-state index < -0.39 is 123 Å². The lowest BCUT2D eigenvalue weighted by Gasteiger charge is -2.47. The SMILES string of the molecule is CCC1OC(OC2C(CO)OC(OC3C(O)C(N)CC(N)C3OC3OC(CN)C(O)C(O)C3N)C2O)C(N)C(O)C1O. The zero-order valence-electron chi connectivity index (χ0n) is 23.3. The summed E-state index contributed by atoms with van der Waals surface area (Å²) in [6, 6.07) is -4.10. The van der Waals surface area contributed by atoms with Crippen LogP contribution >= 0.6 is 0 Å². The van der Waals surface area contributed by atoms with Gasteiger partial charge in [-0.15, -0.1) is 0 Å². The average molecular weight is 614 g/mol. The molecule has 3 aliphatic heterocycles. The van der Waals surface area contributed by atoms with Gasteiger partial charge in [-0.1, -0.05) is 6.92 Å². The van der Waals surface area contributed by atoms with E-state index in [9.17, 15) is 35.7 Å². The molecule has 0 amide bonds. The number of ether oxygens (including phenoxy) is 6. The maximum atomic E-state index is 11.1. The first-order valence-electron chi connectivity index (χ1n) is 14.2. The van der Waals surface area contributed by atoms with Crippen LogP contribution in [0.1, 0.15) is 19.8 Å². The van der Waals surface area contributed by atoms with E-state index in [0.717, 1.165) is 0 Å². The maximum absolute atomic E-state index is 11.1. The van der Waals surface area contributed by atoms with Crippen molar-refractivity contribution >= 4 is 0 Å². The quantitative estimate of drug-likeness (QED) is 0.115. The summed E-state index contributed by atoms with van der Waals surface area (Å²) >= 11 is 0. The third-order valence-electron chi connectivity index (χ3n) is 8.54. The molecular weight excluding hydrogens is 566 g/mol. The van der Waals surface area contributed by atoms with Crippen LogP contribution in [-0.4, -0.2) is 165 Å². The van der Waals surface area contributed by atoms with Gasteiger partial charge >= 0.3 is 0 Å². The summed E-state index contributed by atoms with van der Waals surface area (Å²) < 4.78 is 34.9. The Kier molecular flexibility index (Phi) is 11.5. The summed E-state index contributed by atoms with van der Waals surface area (Å²) in [7, 11) is 0. The zero-order chi connectivity index (χ0) is 31.0. The van der Waals surface area contributed by atoms with E-state index in [4.69, 9.17) is 57.1 Å². The average Bonchev–Trinajstić information content (AvgIpc) is 3.27. The number of rotatable bonds is 9. The molecule has 0 bridgehead atoms. The van der Waals surface area contributed by atoms with E-state index in [1.54, 1.807) is 6.92 Å². The molecule has 0 aromatic heterocycles. The van der Waals surface area contributed by atoms with Gasteiger partial charge in [0.2, 0.25) is 0 Å². The minimum atomic E-state index is -1.57. The third kappa shape index (κ3) is 6.62. The Bertz CT molecular complexity index is 866. The highest BCUT2D eigenvalue weighted by Crippen LogP contribution is 2.34. The highest BCUT2D eigenvalue weighted by atomic mass is 16.8. The number of hydrogen-bond acceptors (Lipinski definition) is 18. The Morgan fingerprint density at radius 1 is 0.595 bits per heavy atom. The van der Waals surface area contributed by atoms with Gasteiger partial charge in [0.05, 0.1) is 30.9 Å². The third-order valence-corrected chi connectivity index (χ3v) is 8.54. The molecule has 0 radical (unpaired) electrons. The van der Waals surface area contributed by atoms with E-state index in [1.165, 1.54) is 0 Å². The molecule has 3 heterocycles. The molecule has 42 heavy (non-hydrogen) atoms. The van der Waals surface area contributed by atoms with Crippen molar-refractivity contribution in [3.63, 3.8) is 0 Å². The summed E-state index contributed by atoms with van der Waals surface area (Å²) in [5, 5.41) is 73.2. The molecule has 0 aromatic carbocycles. The normalized spacial score (nSPS) is 53.8. The molecule has 0 aromatic rings. The summed E-state index contributed by atoms with van der Waals surface area (Å²) in [5.41, 5.74) is 30.1. The molecule has 1 saturated carbocycles. The minimum Gasteiger partial charge on any atom is -0.394 e. The van der Waals surface area contributed by atoms with Crippen molar-refractivity contribution in [2.24, 2.45) is 28.7 Å². The topological polar surface area (TPSA) is 327 Å². The fraction of sp³-hybridized carbons (Fsp3) is 1.00. The second-order valence-corrected chi connectivity index (χ2v) is 11.4. The highest BCUT2D eigenvalue weighted by molar-refractivity contribution is 5.02. The largest absolute Gasteiger partial charge is 0.394 e. The van der Waals surface area contributed by atoms with Crippen LogP contribution in [0.5, 0.6) is 0 Å². The van der Waals surface area contributed by atoms with Crippen molar-refractivity contribution in [3.05, 3.63) is 0 Å². The second-order valence-electron chi connectivity index (χ2n) is 11.4. The van der Waals surface area contributed by atoms with Gasteiger partial charge < -0.3 is 92.8 Å². The molecule has 18 nitrogen and oxygen atoms in total. The fourth-order valence-corrected chi connectivity index (χ4v) is 5.89. The van der Waals surface area contributed by atoms with Crippen molar-refractivity contribution in [1.29, 1.82) is 0 Å². The predicted molar refractivity (Wildman–Crippen MR) is 140 cm³/mol. The van der Waals surface area contributed by atoms with Gasteiger partial charge in [-0.3, -0.25) is 0 Å². The van der Waals surface area contributed by atoms with Crippen LogP contribution in [0.2, 0.25) is 0 Å². The van der Waals surface area contributed by atoms with Gasteiger partial charge in [-0.2, -0.15) is 0 Å². The van der Waals surface area contributed by atoms with Gasteiger partial charge in [-0.25, -0.2) is 0 Å². The molecule has 0 spiro atoms. The minimum absolute atomic E-state index is 0.0991. The van der Waals surface area contributed by atoms with Crippen molar-refractivity contribution in [1.82, 2.24) is 0 Å². The van der Waals surface area contributed by atoms with Gasteiger partial charge in [-0.05, 0) is 12.8 Å². The standard InChI is InChI=1S/C24H47N5O13/c1-2-8-14(32)16(34)11(28)22(37-8)41-20-10(5-30)39-24(18(20)36)42-21-13(31)6(26)3-7(27)19(21)40-23-12(29)17(35)15(33)9(4-25)38-23/h6-24,30-36H,2-5,25-29H2,1H3. The van der Waals surface area contributed by atoms with Gasteiger partial charge in [0, 0.05) is 18.6 Å². The highest BCUT2D eigenvalue weighted by Gasteiger charge is 2.54. The van der Waals surface area contributed by atoms with Crippen LogP contribution in [0.15, 0.2) is 0 Å². The lowest BCUT2D eigenvalue weighted by molar-refractivity contribution is -0.307. The molecule has 19 atom stereocenters. The summed E-state index contributed by atoms with van der Waals surface area (Å²) in [6.45, 7) is 0.962. The van der Waals surface area contributed by atoms with E-state index in [-0.39, 0.29) is 13.0 Å². The molecule has 246 valence electrons. The Morgan fingerprint density at radius 2 is 1.10 bits per heavy atom. The van der Waals surface area contributed by atoms with E-state index in [2.05, 4.69) is 0 Å². The Balaban J connectivity index is 1.50. The second kappa shape index (κ2) is 14.1. The summed E-state index contributed by atoms with van der Waals surface area (Å²) in [6.07, 6.45) is -18.7. The van der Waals surface area contributed by atoms with Crippen LogP contribution in [0.3, 0.4) is 0 Å². The predicted octanol–water partition coefficient (Wildman–Crippen LogP) is -7.44. The van der Waals surface area contributed by atoms with Crippen LogP contribution in [0.25, 0.3) is 0 Å². The van der Waals surface area contributed by atoms with Crippen molar-refractivity contribution in [3.8, 4) is 0 Å². The molecule has 4 rings (SSSR count). The molecular formula is C24H47N5O13. The monoisotopic (exact) mass is 613 g/mol. The van der Waals surface area contributed by atoms with Crippen LogP contribution in [0, 0.1) is 0 Å². The van der Waals surface area contributed by atoms with Gasteiger partial charge in [0.25, 0.3) is 0 Å². The molecule has 4 aliphatic rings. The van der Waals surface area contributed by atoms with Crippen molar-refractivity contribution in [2.75, 3.05) is 13.2 Å². The first-order chi connectivity index (χ1) is 19.8. The Morgan fingerprint density at radius 3 is 1.64 bits per heavy atom. The number of aliphatic hydroxyl groups excluding tert-OH is 7. The number of nitrogens with two attached hydrogens (primary N) is 5. The van der Waals surface area contributed by atoms with Crippen molar-refractivity contribution < 1.29 is 64.2 Å². The first kappa shape index (κ1) is 34.2. The van der Waals surface area contributed by atoms with E-state index in [0.29, 0.717) is 6.42 Å². The summed E-state index contributed by atoms with van der Waals surface area (Å²) in [5.74, 6) is 0. The fourth-order valence-electron chi connectivity index (χ4n) is 5.89. The summed E-state index contributed by atoms with van der Waals surface area (Å²) in [4.78, 5) is 0.